The zero-order valence-electron chi connectivity index (χ0n) is 32.1. The Bertz CT molecular complexity index is 1900. The lowest BCUT2D eigenvalue weighted by atomic mass is 9.96. The number of hydrogen-bond acceptors (Lipinski definition) is 11. The standard InChI is InChI=1S/C43H51NO11S/c1-29-20-22-35(23-21-29)56(46,47)44-36-24-38(52-30(2)39(36)53-31(3)45)55-40-37(28-49-25-32-14-8-5-9-15-32)54-43(48-4)42(51-27-34-18-12-7-13-19-34)41(40)50-26-33-16-10-6-11-17-33/h5-23,30,36-44H,24-28H2,1-4H3/t30-,36+,37+,38-,39-,40+,41-,42+,43-/m0/s1. The van der Waals surface area contributed by atoms with Crippen molar-refractivity contribution in [3.8, 4) is 0 Å². The van der Waals surface area contributed by atoms with Gasteiger partial charge in [0.05, 0.1) is 43.5 Å². The summed E-state index contributed by atoms with van der Waals surface area (Å²) in [5.41, 5.74) is 3.77. The Morgan fingerprint density at radius 2 is 1.29 bits per heavy atom. The van der Waals surface area contributed by atoms with Gasteiger partial charge in [0.15, 0.2) is 12.6 Å². The molecule has 0 aliphatic carbocycles. The highest BCUT2D eigenvalue weighted by Gasteiger charge is 2.51. The summed E-state index contributed by atoms with van der Waals surface area (Å²) in [6.45, 7) is 5.74. The summed E-state index contributed by atoms with van der Waals surface area (Å²) in [4.78, 5) is 12.3. The molecule has 0 unspecified atom stereocenters. The molecule has 2 aliphatic heterocycles. The molecule has 0 spiro atoms. The molecule has 2 fully saturated rings. The van der Waals surface area contributed by atoms with Crippen LogP contribution in [-0.2, 0) is 72.5 Å². The highest BCUT2D eigenvalue weighted by atomic mass is 32.2. The van der Waals surface area contributed by atoms with Crippen molar-refractivity contribution in [3.05, 3.63) is 138 Å². The molecular formula is C43H51NO11S. The Balaban J connectivity index is 1.31. The fourth-order valence-corrected chi connectivity index (χ4v) is 8.17. The van der Waals surface area contributed by atoms with Gasteiger partial charge in [-0.25, -0.2) is 13.1 Å². The normalized spacial score (nSPS) is 26.8. The molecule has 0 saturated carbocycles. The minimum Gasteiger partial charge on any atom is -0.458 e. The van der Waals surface area contributed by atoms with E-state index in [9.17, 15) is 13.2 Å². The Hall–Kier alpha value is -4.02. The molecule has 2 heterocycles. The summed E-state index contributed by atoms with van der Waals surface area (Å²) in [6.07, 6.45) is -6.72. The summed E-state index contributed by atoms with van der Waals surface area (Å²) in [6, 6.07) is 34.9. The second-order valence-electron chi connectivity index (χ2n) is 14.0. The van der Waals surface area contributed by atoms with Gasteiger partial charge in [-0.1, -0.05) is 109 Å². The van der Waals surface area contributed by atoms with Gasteiger partial charge in [0.1, 0.15) is 30.5 Å². The van der Waals surface area contributed by atoms with Gasteiger partial charge in [-0.15, -0.1) is 0 Å². The Morgan fingerprint density at radius 1 is 0.732 bits per heavy atom. The molecule has 13 heteroatoms. The van der Waals surface area contributed by atoms with E-state index in [2.05, 4.69) is 4.72 Å². The molecule has 0 aromatic heterocycles. The van der Waals surface area contributed by atoms with Crippen LogP contribution in [0.4, 0.5) is 0 Å². The monoisotopic (exact) mass is 789 g/mol. The lowest BCUT2D eigenvalue weighted by Gasteiger charge is -2.48. The van der Waals surface area contributed by atoms with E-state index in [-0.39, 0.29) is 31.1 Å². The van der Waals surface area contributed by atoms with Crippen molar-refractivity contribution >= 4 is 16.0 Å². The van der Waals surface area contributed by atoms with Gasteiger partial charge in [0.2, 0.25) is 10.0 Å². The number of rotatable bonds is 17. The lowest BCUT2D eigenvalue weighted by Crippen LogP contribution is -2.63. The fraction of sp³-hybridized carbons (Fsp3) is 0.419. The predicted octanol–water partition coefficient (Wildman–Crippen LogP) is 5.85. The maximum Gasteiger partial charge on any atom is 0.303 e. The number of ether oxygens (including phenoxy) is 8. The quantitative estimate of drug-likeness (QED) is 0.129. The van der Waals surface area contributed by atoms with Crippen molar-refractivity contribution in [3.63, 3.8) is 0 Å². The summed E-state index contributed by atoms with van der Waals surface area (Å²) in [5.74, 6) is -0.570. The van der Waals surface area contributed by atoms with E-state index in [4.69, 9.17) is 37.9 Å². The van der Waals surface area contributed by atoms with E-state index in [1.54, 1.807) is 26.2 Å². The number of carbonyl (C=O) groups excluding carboxylic acids is 1. The third kappa shape index (κ3) is 11.3. The van der Waals surface area contributed by atoms with Crippen LogP contribution in [0.1, 0.15) is 42.5 Å². The van der Waals surface area contributed by atoms with E-state index in [1.807, 2.05) is 97.9 Å². The van der Waals surface area contributed by atoms with Crippen LogP contribution in [0.3, 0.4) is 0 Å². The Kier molecular flexibility index (Phi) is 14.8. The fourth-order valence-electron chi connectivity index (χ4n) is 6.91. The van der Waals surface area contributed by atoms with Crippen molar-refractivity contribution in [1.29, 1.82) is 0 Å². The molecular weight excluding hydrogens is 739 g/mol. The summed E-state index contributed by atoms with van der Waals surface area (Å²) >= 11 is 0. The maximum absolute atomic E-state index is 13.7. The summed E-state index contributed by atoms with van der Waals surface area (Å²) in [7, 11) is -2.49. The van der Waals surface area contributed by atoms with Crippen molar-refractivity contribution in [2.45, 2.75) is 107 Å². The van der Waals surface area contributed by atoms with Crippen LogP contribution in [0.2, 0.25) is 0 Å². The SMILES string of the molecule is CO[C@H]1O[C@H](COCc2ccccc2)[C@@H](O[C@H]2C[C@@H](NS(=O)(=O)c3ccc(C)cc3)[C@@H](OC(C)=O)[C@H](C)O2)[C@H](OCc2ccccc2)[C@H]1OCc1ccccc1. The van der Waals surface area contributed by atoms with Crippen LogP contribution >= 0.6 is 0 Å². The average Bonchev–Trinajstić information content (AvgIpc) is 3.19. The van der Waals surface area contributed by atoms with Crippen molar-refractivity contribution in [2.75, 3.05) is 13.7 Å². The van der Waals surface area contributed by atoms with Gasteiger partial charge >= 0.3 is 5.97 Å². The van der Waals surface area contributed by atoms with Crippen molar-refractivity contribution in [1.82, 2.24) is 4.72 Å². The second-order valence-corrected chi connectivity index (χ2v) is 15.7. The molecule has 0 radical (unpaired) electrons. The molecule has 9 atom stereocenters. The van der Waals surface area contributed by atoms with Crippen LogP contribution in [0.5, 0.6) is 0 Å². The number of nitrogens with one attached hydrogen (secondary N) is 1. The first-order valence-corrected chi connectivity index (χ1v) is 20.3. The number of esters is 1. The van der Waals surface area contributed by atoms with Crippen LogP contribution in [0, 0.1) is 6.92 Å². The Labute approximate surface area is 329 Å². The topological polar surface area (TPSA) is 137 Å². The second kappa shape index (κ2) is 19.9. The predicted molar refractivity (Wildman–Crippen MR) is 206 cm³/mol. The average molecular weight is 790 g/mol. The Morgan fingerprint density at radius 3 is 1.84 bits per heavy atom. The largest absolute Gasteiger partial charge is 0.458 e. The highest BCUT2D eigenvalue weighted by Crippen LogP contribution is 2.34. The van der Waals surface area contributed by atoms with E-state index in [1.165, 1.54) is 19.1 Å². The molecule has 2 aliphatic rings. The number of methoxy groups -OCH3 is 1. The zero-order chi connectivity index (χ0) is 39.5. The zero-order valence-corrected chi connectivity index (χ0v) is 32.9. The minimum absolute atomic E-state index is 0.00385. The number of hydrogen-bond donors (Lipinski definition) is 1. The van der Waals surface area contributed by atoms with Crippen molar-refractivity contribution < 1.29 is 51.1 Å². The molecule has 12 nitrogen and oxygen atoms in total. The number of carbonyl (C=O) groups is 1. The third-order valence-corrected chi connectivity index (χ3v) is 11.2. The number of aryl methyl sites for hydroxylation is 1. The van der Waals surface area contributed by atoms with E-state index in [0.29, 0.717) is 6.61 Å². The van der Waals surface area contributed by atoms with Gasteiger partial charge < -0.3 is 37.9 Å². The van der Waals surface area contributed by atoms with E-state index in [0.717, 1.165) is 22.3 Å². The number of sulfonamides is 1. The molecule has 300 valence electrons. The molecule has 4 aromatic carbocycles. The third-order valence-electron chi connectivity index (χ3n) is 9.71. The van der Waals surface area contributed by atoms with Crippen molar-refractivity contribution in [2.24, 2.45) is 0 Å². The van der Waals surface area contributed by atoms with E-state index >= 15 is 0 Å². The molecule has 0 amide bonds. The van der Waals surface area contributed by atoms with Gasteiger partial charge in [-0.3, -0.25) is 4.79 Å². The molecule has 4 aromatic rings. The van der Waals surface area contributed by atoms with Gasteiger partial charge in [-0.2, -0.15) is 0 Å². The van der Waals surface area contributed by atoms with Gasteiger partial charge in [0, 0.05) is 20.5 Å². The number of benzene rings is 4. The minimum atomic E-state index is -4.04. The summed E-state index contributed by atoms with van der Waals surface area (Å²) in [5, 5.41) is 0. The van der Waals surface area contributed by atoms with Crippen LogP contribution in [-0.4, -0.2) is 83.3 Å². The van der Waals surface area contributed by atoms with Gasteiger partial charge in [0.25, 0.3) is 0 Å². The molecule has 0 bridgehead atoms. The van der Waals surface area contributed by atoms with Gasteiger partial charge in [-0.05, 0) is 42.7 Å². The van der Waals surface area contributed by atoms with Crippen LogP contribution < -0.4 is 4.72 Å². The highest BCUT2D eigenvalue weighted by molar-refractivity contribution is 7.89. The molecule has 6 rings (SSSR count). The smallest absolute Gasteiger partial charge is 0.303 e. The first-order valence-electron chi connectivity index (χ1n) is 18.8. The van der Waals surface area contributed by atoms with Crippen LogP contribution in [0.25, 0.3) is 0 Å². The summed E-state index contributed by atoms with van der Waals surface area (Å²) < 4.78 is 81.0. The van der Waals surface area contributed by atoms with Crippen LogP contribution in [0.15, 0.2) is 120 Å². The maximum atomic E-state index is 13.7. The first-order chi connectivity index (χ1) is 27.1. The lowest BCUT2D eigenvalue weighted by molar-refractivity contribution is -0.347. The van der Waals surface area contributed by atoms with E-state index < -0.39 is 71.2 Å². The first kappa shape index (κ1) is 41.6. The molecule has 1 N–H and O–H groups in total. The molecule has 2 saturated heterocycles. The molecule has 56 heavy (non-hydrogen) atoms.